The Morgan fingerprint density at radius 1 is 0.837 bits per heavy atom. The third-order valence-electron chi connectivity index (χ3n) is 8.75. The quantitative estimate of drug-likeness (QED) is 0.159. The summed E-state index contributed by atoms with van der Waals surface area (Å²) >= 11 is 0. The van der Waals surface area contributed by atoms with Crippen molar-refractivity contribution in [1.29, 1.82) is 0 Å². The van der Waals surface area contributed by atoms with Crippen molar-refractivity contribution in [3.8, 4) is 0 Å². The van der Waals surface area contributed by atoms with Crippen LogP contribution in [0.3, 0.4) is 0 Å². The lowest BCUT2D eigenvalue weighted by Crippen LogP contribution is -2.69. The average molecular weight is 691 g/mol. The first kappa shape index (κ1) is 38.5. The van der Waals surface area contributed by atoms with Gasteiger partial charge in [-0.2, -0.15) is 0 Å². The molecule has 1 saturated heterocycles. The molecule has 0 spiro atoms. The molecule has 266 valence electrons. The summed E-state index contributed by atoms with van der Waals surface area (Å²) < 4.78 is 31.9. The molecule has 0 radical (unpaired) electrons. The Hall–Kier alpha value is -3.34. The Bertz CT molecular complexity index is 1430. The van der Waals surface area contributed by atoms with Gasteiger partial charge in [0.25, 0.3) is 8.32 Å². The summed E-state index contributed by atoms with van der Waals surface area (Å²) in [6.07, 6.45) is -2.60. The summed E-state index contributed by atoms with van der Waals surface area (Å²) in [5, 5.41) is 12.6. The Morgan fingerprint density at radius 3 is 1.88 bits per heavy atom. The molecular weight excluding hydrogens is 637 g/mol. The molecule has 0 amide bonds. The number of ether oxygens (including phenoxy) is 4. The van der Waals surface area contributed by atoms with Gasteiger partial charge in [0.2, 0.25) is 0 Å². The first-order chi connectivity index (χ1) is 23.1. The summed E-state index contributed by atoms with van der Waals surface area (Å²) in [4.78, 5) is 25.6. The van der Waals surface area contributed by atoms with Gasteiger partial charge in [0.1, 0.15) is 5.60 Å². The van der Waals surface area contributed by atoms with Crippen LogP contribution in [-0.2, 0) is 28.2 Å². The second-order valence-corrected chi connectivity index (χ2v) is 19.3. The SMILES string of the molecule is CC(CCC(O)CC(=O)OC(C)(C)C)O[C@@H]1O[C@@H](C)[C@H](O[Si](c2ccccc2)(c2ccccc2)C(C)(C)C)C[C@H]1OC(=O)c1ccccc1. The number of aliphatic hydroxyl groups excluding tert-OH is 1. The molecule has 1 aliphatic rings. The fourth-order valence-corrected chi connectivity index (χ4v) is 11.1. The minimum absolute atomic E-state index is 0.0977. The number of hydrogen-bond donors (Lipinski definition) is 1. The average Bonchev–Trinajstić information content (AvgIpc) is 3.04. The largest absolute Gasteiger partial charge is 0.460 e. The van der Waals surface area contributed by atoms with Crippen LogP contribution in [0.25, 0.3) is 0 Å². The smallest absolute Gasteiger partial charge is 0.338 e. The van der Waals surface area contributed by atoms with Gasteiger partial charge < -0.3 is 28.5 Å². The monoisotopic (exact) mass is 690 g/mol. The van der Waals surface area contributed by atoms with Crippen LogP contribution in [0.15, 0.2) is 91.0 Å². The van der Waals surface area contributed by atoms with Gasteiger partial charge in [0.15, 0.2) is 12.4 Å². The van der Waals surface area contributed by atoms with Crippen LogP contribution < -0.4 is 10.4 Å². The van der Waals surface area contributed by atoms with E-state index in [1.165, 1.54) is 0 Å². The van der Waals surface area contributed by atoms with E-state index in [9.17, 15) is 14.7 Å². The summed E-state index contributed by atoms with van der Waals surface area (Å²) in [6.45, 7) is 15.9. The summed E-state index contributed by atoms with van der Waals surface area (Å²) in [5.41, 5.74) is -0.185. The Balaban J connectivity index is 1.57. The van der Waals surface area contributed by atoms with Crippen molar-refractivity contribution in [1.82, 2.24) is 0 Å². The zero-order chi connectivity index (χ0) is 35.8. The predicted octanol–water partition coefficient (Wildman–Crippen LogP) is 6.57. The summed E-state index contributed by atoms with van der Waals surface area (Å²) in [6, 6.07) is 29.7. The van der Waals surface area contributed by atoms with E-state index in [1.807, 2.05) is 32.0 Å². The zero-order valence-electron chi connectivity index (χ0n) is 30.3. The van der Waals surface area contributed by atoms with Crippen molar-refractivity contribution in [3.63, 3.8) is 0 Å². The lowest BCUT2D eigenvalue weighted by Gasteiger charge is -2.48. The van der Waals surface area contributed by atoms with E-state index in [0.29, 0.717) is 24.8 Å². The third kappa shape index (κ3) is 10.3. The zero-order valence-corrected chi connectivity index (χ0v) is 31.3. The highest BCUT2D eigenvalue weighted by Gasteiger charge is 2.53. The van der Waals surface area contributed by atoms with Crippen LogP contribution in [0.1, 0.15) is 91.4 Å². The van der Waals surface area contributed by atoms with Crippen molar-refractivity contribution in [2.24, 2.45) is 0 Å². The van der Waals surface area contributed by atoms with E-state index in [-0.39, 0.29) is 23.7 Å². The van der Waals surface area contributed by atoms with E-state index < -0.39 is 50.5 Å². The lowest BCUT2D eigenvalue weighted by molar-refractivity contribution is -0.271. The molecule has 9 heteroatoms. The standard InChI is InChI=1S/C40H54O8Si/c1-28(24-25-31(41)26-36(42)47-39(3,4)5)44-38-35(46-37(43)30-18-12-9-13-19-30)27-34(29(2)45-38)48-49(40(6,7)8,32-20-14-10-15-21-32)33-22-16-11-17-23-33/h9-23,28-29,31,34-35,38,41H,24-27H2,1-8H3/t28?,29-,31?,34+,35+,38+/m0/s1. The van der Waals surface area contributed by atoms with Crippen molar-refractivity contribution in [3.05, 3.63) is 96.6 Å². The normalized spacial score (nSPS) is 21.4. The van der Waals surface area contributed by atoms with Gasteiger partial charge in [-0.05, 0) is 75.0 Å². The number of rotatable bonds is 13. The highest BCUT2D eigenvalue weighted by atomic mass is 28.4. The van der Waals surface area contributed by atoms with Gasteiger partial charge in [-0.25, -0.2) is 4.79 Å². The molecule has 49 heavy (non-hydrogen) atoms. The maximum Gasteiger partial charge on any atom is 0.338 e. The minimum atomic E-state index is -2.95. The molecule has 4 rings (SSSR count). The highest BCUT2D eigenvalue weighted by molar-refractivity contribution is 6.99. The third-order valence-corrected chi connectivity index (χ3v) is 13.8. The number of esters is 2. The molecule has 1 heterocycles. The molecule has 3 aromatic carbocycles. The second kappa shape index (κ2) is 16.6. The van der Waals surface area contributed by atoms with Gasteiger partial charge in [0, 0.05) is 6.42 Å². The fraction of sp³-hybridized carbons (Fsp3) is 0.500. The number of carbonyl (C=O) groups excluding carboxylic acids is 2. The molecule has 3 aromatic rings. The molecule has 1 N–H and O–H groups in total. The van der Waals surface area contributed by atoms with E-state index >= 15 is 0 Å². The second-order valence-electron chi connectivity index (χ2n) is 15.0. The van der Waals surface area contributed by atoms with Gasteiger partial charge >= 0.3 is 11.9 Å². The Morgan fingerprint density at radius 2 is 1.37 bits per heavy atom. The number of benzene rings is 3. The van der Waals surface area contributed by atoms with E-state index in [4.69, 9.17) is 23.4 Å². The van der Waals surface area contributed by atoms with E-state index in [0.717, 1.165) is 10.4 Å². The predicted molar refractivity (Wildman–Crippen MR) is 193 cm³/mol. The van der Waals surface area contributed by atoms with Gasteiger partial charge in [-0.3, -0.25) is 4.79 Å². The lowest BCUT2D eigenvalue weighted by atomic mass is 10.0. The van der Waals surface area contributed by atoms with Gasteiger partial charge in [0.05, 0.1) is 36.4 Å². The summed E-state index contributed by atoms with van der Waals surface area (Å²) in [7, 11) is -2.95. The molecule has 0 bridgehead atoms. The maximum absolute atomic E-state index is 13.4. The molecule has 8 nitrogen and oxygen atoms in total. The van der Waals surface area contributed by atoms with Crippen LogP contribution in [0.5, 0.6) is 0 Å². The van der Waals surface area contributed by atoms with Crippen LogP contribution in [0.2, 0.25) is 5.04 Å². The molecule has 2 unspecified atom stereocenters. The van der Waals surface area contributed by atoms with Crippen molar-refractivity contribution in [2.45, 2.75) is 129 Å². The van der Waals surface area contributed by atoms with E-state index in [1.54, 1.807) is 45.0 Å². The molecule has 0 aliphatic carbocycles. The Labute approximate surface area is 293 Å². The Kier molecular flexibility index (Phi) is 13.0. The number of carbonyl (C=O) groups is 2. The molecule has 0 saturated carbocycles. The van der Waals surface area contributed by atoms with Crippen LogP contribution >= 0.6 is 0 Å². The number of aliphatic hydroxyl groups is 1. The van der Waals surface area contributed by atoms with Crippen LogP contribution in [0, 0.1) is 0 Å². The van der Waals surface area contributed by atoms with Gasteiger partial charge in [-0.15, -0.1) is 0 Å². The first-order valence-corrected chi connectivity index (χ1v) is 19.3. The van der Waals surface area contributed by atoms with Crippen molar-refractivity contribution in [2.75, 3.05) is 0 Å². The van der Waals surface area contributed by atoms with Crippen molar-refractivity contribution >= 4 is 30.6 Å². The highest BCUT2D eigenvalue weighted by Crippen LogP contribution is 2.40. The molecule has 6 atom stereocenters. The van der Waals surface area contributed by atoms with Crippen molar-refractivity contribution < 1.29 is 38.1 Å². The fourth-order valence-electron chi connectivity index (χ4n) is 6.39. The van der Waals surface area contributed by atoms with Gasteiger partial charge in [-0.1, -0.05) is 99.6 Å². The minimum Gasteiger partial charge on any atom is -0.460 e. The first-order valence-electron chi connectivity index (χ1n) is 17.3. The van der Waals surface area contributed by atoms with Crippen LogP contribution in [-0.4, -0.2) is 67.8 Å². The molecule has 0 aromatic heterocycles. The van der Waals surface area contributed by atoms with Crippen LogP contribution in [0.4, 0.5) is 0 Å². The number of hydrogen-bond acceptors (Lipinski definition) is 8. The molecule has 1 fully saturated rings. The molecular formula is C40H54O8Si. The topological polar surface area (TPSA) is 101 Å². The molecule has 1 aliphatic heterocycles. The maximum atomic E-state index is 13.4. The summed E-state index contributed by atoms with van der Waals surface area (Å²) in [5.74, 6) is -0.917. The van der Waals surface area contributed by atoms with E-state index in [2.05, 4.69) is 69.3 Å².